The van der Waals surface area contributed by atoms with Crippen LogP contribution in [-0.4, -0.2) is 0 Å². The molecule has 0 unspecified atom stereocenters. The first-order chi connectivity index (χ1) is 24.8. The number of rotatable bonds is 5. The minimum absolute atomic E-state index is 1.12. The number of benzene rings is 9. The molecule has 1 nitrogen and oxygen atoms in total. The summed E-state index contributed by atoms with van der Waals surface area (Å²) in [6, 6.07) is 68.8. The molecule has 0 saturated carbocycles. The van der Waals surface area contributed by atoms with Crippen molar-refractivity contribution < 1.29 is 0 Å². The van der Waals surface area contributed by atoms with E-state index in [1.807, 2.05) is 11.3 Å². The molecule has 10 rings (SSSR count). The van der Waals surface area contributed by atoms with Crippen molar-refractivity contribution in [3.63, 3.8) is 0 Å². The van der Waals surface area contributed by atoms with Gasteiger partial charge in [-0.15, -0.1) is 11.3 Å². The van der Waals surface area contributed by atoms with E-state index in [1.54, 1.807) is 0 Å². The fraction of sp³-hybridized carbons (Fsp3) is 0. The number of anilines is 3. The summed E-state index contributed by atoms with van der Waals surface area (Å²) < 4.78 is 2.61. The summed E-state index contributed by atoms with van der Waals surface area (Å²) in [6.45, 7) is 0. The maximum atomic E-state index is 2.41. The van der Waals surface area contributed by atoms with Crippen LogP contribution in [0.2, 0.25) is 0 Å². The zero-order valence-corrected chi connectivity index (χ0v) is 28.1. The summed E-state index contributed by atoms with van der Waals surface area (Å²) >= 11 is 1.86. The fourth-order valence-electron chi connectivity index (χ4n) is 7.67. The third-order valence-electron chi connectivity index (χ3n) is 10.0. The SMILES string of the molecule is c1cc(-c2cc3ccccc3c3ccccc23)cc(N(c2ccc(-c3cccc4ccccc34)cc2)c2ccc3c(c2)sc2ccccc23)c1. The fourth-order valence-corrected chi connectivity index (χ4v) is 8.81. The van der Waals surface area contributed by atoms with Crippen LogP contribution in [-0.2, 0) is 0 Å². The predicted molar refractivity (Wildman–Crippen MR) is 217 cm³/mol. The van der Waals surface area contributed by atoms with Crippen molar-refractivity contribution in [1.82, 2.24) is 0 Å². The molecule has 0 radical (unpaired) electrons. The molecule has 50 heavy (non-hydrogen) atoms. The van der Waals surface area contributed by atoms with Crippen molar-refractivity contribution in [3.05, 3.63) is 188 Å². The van der Waals surface area contributed by atoms with Crippen LogP contribution in [0.15, 0.2) is 188 Å². The summed E-state index contributed by atoms with van der Waals surface area (Å²) in [6.07, 6.45) is 0. The second-order valence-electron chi connectivity index (χ2n) is 12.9. The minimum atomic E-state index is 1.12. The normalized spacial score (nSPS) is 11.6. The van der Waals surface area contributed by atoms with Crippen molar-refractivity contribution in [1.29, 1.82) is 0 Å². The average molecular weight is 654 g/mol. The quantitative estimate of drug-likeness (QED) is 0.167. The first-order valence-electron chi connectivity index (χ1n) is 17.1. The van der Waals surface area contributed by atoms with Crippen LogP contribution in [0.5, 0.6) is 0 Å². The second-order valence-corrected chi connectivity index (χ2v) is 14.0. The highest BCUT2D eigenvalue weighted by molar-refractivity contribution is 7.25. The highest BCUT2D eigenvalue weighted by Gasteiger charge is 2.17. The summed E-state index contributed by atoms with van der Waals surface area (Å²) in [5, 5.41) is 10.2. The lowest BCUT2D eigenvalue weighted by molar-refractivity contribution is 1.29. The molecule has 10 aromatic rings. The lowest BCUT2D eigenvalue weighted by atomic mass is 9.93. The van der Waals surface area contributed by atoms with E-state index in [2.05, 4.69) is 193 Å². The molecule has 0 saturated heterocycles. The number of hydrogen-bond acceptors (Lipinski definition) is 2. The topological polar surface area (TPSA) is 3.24 Å². The number of nitrogens with zero attached hydrogens (tertiary/aromatic N) is 1. The molecule has 2 heteroatoms. The highest BCUT2D eigenvalue weighted by atomic mass is 32.1. The van der Waals surface area contributed by atoms with Gasteiger partial charge in [-0.05, 0) is 103 Å². The number of hydrogen-bond donors (Lipinski definition) is 0. The Kier molecular flexibility index (Phi) is 6.75. The van der Waals surface area contributed by atoms with Crippen molar-refractivity contribution in [3.8, 4) is 22.3 Å². The molecule has 0 aliphatic heterocycles. The second kappa shape index (κ2) is 11.7. The van der Waals surface area contributed by atoms with Gasteiger partial charge in [0.15, 0.2) is 0 Å². The zero-order chi connectivity index (χ0) is 33.0. The van der Waals surface area contributed by atoms with Crippen LogP contribution < -0.4 is 4.90 Å². The molecular weight excluding hydrogens is 623 g/mol. The van der Waals surface area contributed by atoms with E-state index in [0.29, 0.717) is 0 Å². The largest absolute Gasteiger partial charge is 0.310 e. The summed E-state index contributed by atoms with van der Waals surface area (Å²) in [4.78, 5) is 2.41. The Morgan fingerprint density at radius 1 is 0.300 bits per heavy atom. The molecule has 0 aliphatic rings. The Morgan fingerprint density at radius 3 is 1.78 bits per heavy atom. The van der Waals surface area contributed by atoms with Gasteiger partial charge in [-0.25, -0.2) is 0 Å². The molecular formula is C48H31NS. The standard InChI is InChI=1S/C48H31NS/c1-3-16-39-32(11-1)13-10-21-40(39)33-23-25-36(26-24-33)49(38-27-28-45-44-20-7-8-22-47(44)50-48(45)31-38)37-15-9-14-34(29-37)46-30-35-12-2-4-17-41(35)42-18-5-6-19-43(42)46/h1-31H. The molecule has 234 valence electrons. The molecule has 0 bridgehead atoms. The summed E-state index contributed by atoms with van der Waals surface area (Å²) in [5.74, 6) is 0. The maximum Gasteiger partial charge on any atom is 0.0476 e. The predicted octanol–water partition coefficient (Wildman–Crippen LogP) is 14.3. The van der Waals surface area contributed by atoms with Gasteiger partial charge in [0.05, 0.1) is 0 Å². The zero-order valence-electron chi connectivity index (χ0n) is 27.3. The van der Waals surface area contributed by atoms with Crippen LogP contribution in [0.25, 0.3) is 74.7 Å². The van der Waals surface area contributed by atoms with Gasteiger partial charge in [0.1, 0.15) is 0 Å². The highest BCUT2D eigenvalue weighted by Crippen LogP contribution is 2.43. The summed E-state index contributed by atoms with van der Waals surface area (Å²) in [7, 11) is 0. The van der Waals surface area contributed by atoms with Crippen LogP contribution >= 0.6 is 11.3 Å². The molecule has 0 aliphatic carbocycles. The van der Waals surface area contributed by atoms with Gasteiger partial charge in [0.25, 0.3) is 0 Å². The van der Waals surface area contributed by atoms with E-state index >= 15 is 0 Å². The van der Waals surface area contributed by atoms with Crippen molar-refractivity contribution in [2.45, 2.75) is 0 Å². The lowest BCUT2D eigenvalue weighted by Crippen LogP contribution is -2.10. The maximum absolute atomic E-state index is 2.41. The first-order valence-corrected chi connectivity index (χ1v) is 17.9. The van der Waals surface area contributed by atoms with E-state index < -0.39 is 0 Å². The number of fused-ring (bicyclic) bond motifs is 7. The third kappa shape index (κ3) is 4.76. The molecule has 0 fully saturated rings. The van der Waals surface area contributed by atoms with E-state index in [4.69, 9.17) is 0 Å². The Bertz CT molecular complexity index is 2870. The van der Waals surface area contributed by atoms with Gasteiger partial charge in [-0.3, -0.25) is 0 Å². The van der Waals surface area contributed by atoms with Crippen LogP contribution in [0.1, 0.15) is 0 Å². The van der Waals surface area contributed by atoms with Crippen molar-refractivity contribution in [2.24, 2.45) is 0 Å². The van der Waals surface area contributed by atoms with Crippen LogP contribution in [0, 0.1) is 0 Å². The van der Waals surface area contributed by atoms with Crippen LogP contribution in [0.4, 0.5) is 17.1 Å². The smallest absolute Gasteiger partial charge is 0.0476 e. The van der Waals surface area contributed by atoms with E-state index in [9.17, 15) is 0 Å². The van der Waals surface area contributed by atoms with E-state index in [0.717, 1.165) is 17.1 Å². The van der Waals surface area contributed by atoms with Gasteiger partial charge >= 0.3 is 0 Å². The van der Waals surface area contributed by atoms with Crippen molar-refractivity contribution >= 4 is 80.9 Å². The van der Waals surface area contributed by atoms with Gasteiger partial charge in [0, 0.05) is 37.2 Å². The Labute approximate surface area is 294 Å². The monoisotopic (exact) mass is 653 g/mol. The number of thiophene rings is 1. The Morgan fingerprint density at radius 2 is 0.920 bits per heavy atom. The van der Waals surface area contributed by atoms with Crippen molar-refractivity contribution in [2.75, 3.05) is 4.90 Å². The van der Waals surface area contributed by atoms with Crippen LogP contribution in [0.3, 0.4) is 0 Å². The summed E-state index contributed by atoms with van der Waals surface area (Å²) in [5.41, 5.74) is 8.28. The molecule has 0 spiro atoms. The lowest BCUT2D eigenvalue weighted by Gasteiger charge is -2.26. The van der Waals surface area contributed by atoms with Gasteiger partial charge in [-0.2, -0.15) is 0 Å². The molecule has 0 amide bonds. The van der Waals surface area contributed by atoms with E-state index in [-0.39, 0.29) is 0 Å². The molecule has 0 atom stereocenters. The molecule has 0 N–H and O–H groups in total. The Balaban J connectivity index is 1.15. The van der Waals surface area contributed by atoms with Gasteiger partial charge < -0.3 is 4.90 Å². The molecule has 1 aromatic heterocycles. The van der Waals surface area contributed by atoms with Gasteiger partial charge in [-0.1, -0.05) is 140 Å². The van der Waals surface area contributed by atoms with E-state index in [1.165, 1.54) is 74.7 Å². The third-order valence-corrected chi connectivity index (χ3v) is 11.2. The average Bonchev–Trinajstić information content (AvgIpc) is 3.56. The van der Waals surface area contributed by atoms with Gasteiger partial charge in [0.2, 0.25) is 0 Å². The first kappa shape index (κ1) is 28.8. The minimum Gasteiger partial charge on any atom is -0.310 e. The molecule has 9 aromatic carbocycles. The molecule has 1 heterocycles. The Hall–Kier alpha value is -6.22.